The predicted molar refractivity (Wildman–Crippen MR) is 56.5 cm³/mol. The Labute approximate surface area is 97.9 Å². The van der Waals surface area contributed by atoms with Gasteiger partial charge < -0.3 is 14.9 Å². The molecule has 0 saturated carbocycles. The van der Waals surface area contributed by atoms with Crippen LogP contribution in [0.5, 0.6) is 0 Å². The second kappa shape index (κ2) is 5.70. The molecule has 1 aromatic rings. The third-order valence-electron chi connectivity index (χ3n) is 2.29. The van der Waals surface area contributed by atoms with Crippen LogP contribution < -0.4 is 0 Å². The Hall–Kier alpha value is -1.53. The number of methoxy groups -OCH3 is 1. The molecule has 5 nitrogen and oxygen atoms in total. The maximum Gasteiger partial charge on any atom is 0.308 e. The molecule has 0 radical (unpaired) electrons. The van der Waals surface area contributed by atoms with E-state index in [-0.39, 0.29) is 5.56 Å². The van der Waals surface area contributed by atoms with Crippen molar-refractivity contribution in [2.45, 2.75) is 25.6 Å². The van der Waals surface area contributed by atoms with Crippen molar-refractivity contribution in [3.05, 3.63) is 29.3 Å². The van der Waals surface area contributed by atoms with E-state index in [0.717, 1.165) is 7.11 Å². The number of esters is 1. The highest BCUT2D eigenvalue weighted by atomic mass is 19.1. The minimum absolute atomic E-state index is 0.138. The summed E-state index contributed by atoms with van der Waals surface area (Å²) in [6.45, 7) is 1.68. The highest BCUT2D eigenvalue weighted by Gasteiger charge is 2.24. The molecule has 0 spiro atoms. The van der Waals surface area contributed by atoms with Crippen molar-refractivity contribution in [3.8, 4) is 0 Å². The van der Waals surface area contributed by atoms with Crippen LogP contribution in [-0.4, -0.2) is 34.4 Å². The van der Waals surface area contributed by atoms with E-state index in [2.05, 4.69) is 9.72 Å². The van der Waals surface area contributed by atoms with Gasteiger partial charge in [-0.3, -0.25) is 4.79 Å². The number of hydrogen-bond acceptors (Lipinski definition) is 5. The van der Waals surface area contributed by atoms with Gasteiger partial charge in [0.25, 0.3) is 0 Å². The van der Waals surface area contributed by atoms with Crippen molar-refractivity contribution in [2.24, 2.45) is 0 Å². The molecule has 2 atom stereocenters. The van der Waals surface area contributed by atoms with E-state index in [0.29, 0.717) is 5.56 Å². The van der Waals surface area contributed by atoms with Crippen LogP contribution in [-0.2, 0) is 9.53 Å². The smallest absolute Gasteiger partial charge is 0.308 e. The van der Waals surface area contributed by atoms with Crippen LogP contribution in [0.2, 0.25) is 0 Å². The summed E-state index contributed by atoms with van der Waals surface area (Å²) in [5.74, 6) is -1.55. The van der Waals surface area contributed by atoms with Crippen LogP contribution in [0.4, 0.5) is 4.39 Å². The Morgan fingerprint density at radius 3 is 2.82 bits per heavy atom. The van der Waals surface area contributed by atoms with E-state index in [1.54, 1.807) is 6.92 Å². The number of nitrogens with zero attached hydrogens (tertiary/aromatic N) is 1. The van der Waals surface area contributed by atoms with E-state index in [9.17, 15) is 19.4 Å². The highest BCUT2D eigenvalue weighted by Crippen LogP contribution is 2.21. The molecule has 6 heteroatoms. The lowest BCUT2D eigenvalue weighted by molar-refractivity contribution is -0.144. The summed E-state index contributed by atoms with van der Waals surface area (Å²) in [5, 5.41) is 19.2. The molecule has 2 N–H and O–H groups in total. The molecule has 0 saturated heterocycles. The first-order chi connectivity index (χ1) is 7.95. The zero-order chi connectivity index (χ0) is 13.0. The van der Waals surface area contributed by atoms with Gasteiger partial charge in [0.05, 0.1) is 19.6 Å². The maximum atomic E-state index is 13.3. The first kappa shape index (κ1) is 13.5. The predicted octanol–water partition coefficient (Wildman–Crippen LogP) is 0.487. The first-order valence-corrected chi connectivity index (χ1v) is 5.00. The molecule has 0 bridgehead atoms. The molecule has 94 valence electrons. The number of aliphatic hydroxyl groups is 2. The number of ether oxygens (including phenoxy) is 1. The van der Waals surface area contributed by atoms with Gasteiger partial charge in [-0.15, -0.1) is 0 Å². The van der Waals surface area contributed by atoms with E-state index < -0.39 is 30.5 Å². The van der Waals surface area contributed by atoms with Crippen LogP contribution >= 0.6 is 0 Å². The minimum Gasteiger partial charge on any atom is -0.469 e. The number of hydrogen-bond donors (Lipinski definition) is 2. The summed E-state index contributed by atoms with van der Waals surface area (Å²) in [4.78, 5) is 14.3. The van der Waals surface area contributed by atoms with Crippen molar-refractivity contribution in [1.82, 2.24) is 4.98 Å². The monoisotopic (exact) mass is 243 g/mol. The molecule has 0 aliphatic carbocycles. The molecule has 0 amide bonds. The molecule has 0 aliphatic rings. The number of aryl methyl sites for hydroxylation is 1. The van der Waals surface area contributed by atoms with Crippen LogP contribution in [0, 0.1) is 12.9 Å². The molecule has 1 aromatic heterocycles. The Morgan fingerprint density at radius 1 is 1.59 bits per heavy atom. The second-order valence-electron chi connectivity index (χ2n) is 3.69. The number of aromatic nitrogens is 1. The lowest BCUT2D eigenvalue weighted by Gasteiger charge is -2.17. The number of carbonyl (C=O) groups excluding carboxylic acids is 1. The zero-order valence-corrected chi connectivity index (χ0v) is 9.55. The van der Waals surface area contributed by atoms with Crippen LogP contribution in [0.25, 0.3) is 0 Å². The molecule has 0 aromatic carbocycles. The Morgan fingerprint density at radius 2 is 2.24 bits per heavy atom. The molecular formula is C11H14FNO4. The Bertz CT molecular complexity index is 410. The van der Waals surface area contributed by atoms with Crippen molar-refractivity contribution in [1.29, 1.82) is 0 Å². The number of aliphatic hydroxyl groups excluding tert-OH is 2. The molecule has 2 unspecified atom stereocenters. The average molecular weight is 243 g/mol. The first-order valence-electron chi connectivity index (χ1n) is 5.00. The molecule has 0 aliphatic heterocycles. The summed E-state index contributed by atoms with van der Waals surface area (Å²) >= 11 is 0. The van der Waals surface area contributed by atoms with E-state index in [4.69, 9.17) is 0 Å². The minimum atomic E-state index is -1.51. The zero-order valence-electron chi connectivity index (χ0n) is 9.55. The highest BCUT2D eigenvalue weighted by molar-refractivity contribution is 5.69. The summed E-state index contributed by atoms with van der Waals surface area (Å²) < 4.78 is 17.6. The van der Waals surface area contributed by atoms with Crippen LogP contribution in [0.1, 0.15) is 23.7 Å². The van der Waals surface area contributed by atoms with Crippen LogP contribution in [0.3, 0.4) is 0 Å². The lowest BCUT2D eigenvalue weighted by Crippen LogP contribution is -2.23. The fourth-order valence-electron chi connectivity index (χ4n) is 1.36. The van der Waals surface area contributed by atoms with Crippen molar-refractivity contribution in [3.63, 3.8) is 0 Å². The lowest BCUT2D eigenvalue weighted by atomic mass is 10.0. The number of carbonyl (C=O) groups is 1. The number of pyridine rings is 1. The Balaban J connectivity index is 2.84. The van der Waals surface area contributed by atoms with Crippen molar-refractivity contribution >= 4 is 5.97 Å². The van der Waals surface area contributed by atoms with Crippen molar-refractivity contribution < 1.29 is 24.1 Å². The quantitative estimate of drug-likeness (QED) is 0.594. The summed E-state index contributed by atoms with van der Waals surface area (Å²) in [7, 11) is 1.16. The van der Waals surface area contributed by atoms with Gasteiger partial charge in [-0.2, -0.15) is 4.39 Å². The van der Waals surface area contributed by atoms with Crippen molar-refractivity contribution in [2.75, 3.05) is 7.11 Å². The molecule has 1 heterocycles. The summed E-state index contributed by atoms with van der Waals surface area (Å²) in [6.07, 6.45) is -2.05. The maximum absolute atomic E-state index is 13.3. The molecule has 17 heavy (non-hydrogen) atoms. The van der Waals surface area contributed by atoms with Gasteiger partial charge in [0.2, 0.25) is 5.95 Å². The van der Waals surface area contributed by atoms with Gasteiger partial charge >= 0.3 is 5.97 Å². The van der Waals surface area contributed by atoms with Gasteiger partial charge in [0, 0.05) is 11.8 Å². The van der Waals surface area contributed by atoms with Crippen LogP contribution in [0.15, 0.2) is 12.3 Å². The van der Waals surface area contributed by atoms with E-state index in [1.807, 2.05) is 0 Å². The van der Waals surface area contributed by atoms with Gasteiger partial charge in [0.1, 0.15) is 6.10 Å². The normalized spacial score (nSPS) is 14.2. The average Bonchev–Trinajstić information content (AvgIpc) is 2.31. The number of halogens is 1. The largest absolute Gasteiger partial charge is 0.469 e. The SMILES string of the molecule is COC(=O)CC(O)C(O)c1cc(C)cnc1F. The van der Waals surface area contributed by atoms with Gasteiger partial charge in [-0.05, 0) is 18.6 Å². The molecule has 0 fully saturated rings. The third-order valence-corrected chi connectivity index (χ3v) is 2.29. The van der Waals surface area contributed by atoms with Gasteiger partial charge in [-0.1, -0.05) is 0 Å². The van der Waals surface area contributed by atoms with E-state index in [1.165, 1.54) is 12.3 Å². The molecular weight excluding hydrogens is 229 g/mol. The fraction of sp³-hybridized carbons (Fsp3) is 0.455. The van der Waals surface area contributed by atoms with E-state index >= 15 is 0 Å². The standard InChI is InChI=1S/C11H14FNO4/c1-6-3-7(11(12)13-5-6)10(16)8(14)4-9(15)17-2/h3,5,8,10,14,16H,4H2,1-2H3. The fourth-order valence-corrected chi connectivity index (χ4v) is 1.36. The van der Waals surface area contributed by atoms with Gasteiger partial charge in [0.15, 0.2) is 0 Å². The summed E-state index contributed by atoms with van der Waals surface area (Å²) in [6, 6.07) is 1.37. The Kier molecular flexibility index (Phi) is 4.53. The molecule has 1 rings (SSSR count). The second-order valence-corrected chi connectivity index (χ2v) is 3.69. The number of rotatable bonds is 4. The van der Waals surface area contributed by atoms with Gasteiger partial charge in [-0.25, -0.2) is 4.98 Å². The topological polar surface area (TPSA) is 79.7 Å². The third kappa shape index (κ3) is 3.47. The summed E-state index contributed by atoms with van der Waals surface area (Å²) in [5.41, 5.74) is 0.507.